The van der Waals surface area contributed by atoms with Crippen LogP contribution in [0.25, 0.3) is 0 Å². The van der Waals surface area contributed by atoms with E-state index in [0.717, 1.165) is 122 Å². The van der Waals surface area contributed by atoms with Crippen molar-refractivity contribution in [3.63, 3.8) is 0 Å². The summed E-state index contributed by atoms with van der Waals surface area (Å²) in [5.74, 6) is -2.15. The number of allylic oxidation sites excluding steroid dienone is 6. The fraction of sp³-hybridized carbons (Fsp3) is 0.877. The van der Waals surface area contributed by atoms with Crippen LogP contribution in [0.15, 0.2) is 36.5 Å². The maximum absolute atomic E-state index is 13.1. The molecule has 0 rings (SSSR count). The van der Waals surface area contributed by atoms with E-state index in [2.05, 4.69) is 64.2 Å². The monoisotopic (exact) mass is 1460 g/mol. The molecule has 5 atom stereocenters. The van der Waals surface area contributed by atoms with E-state index in [4.69, 9.17) is 37.0 Å². The molecular weight excluding hydrogens is 1310 g/mol. The van der Waals surface area contributed by atoms with Gasteiger partial charge in [0.15, 0.2) is 12.2 Å². The molecule has 3 N–H and O–H groups in total. The number of phosphoric ester groups is 2. The molecule has 19 heteroatoms. The molecule has 0 saturated carbocycles. The molecule has 0 aromatic heterocycles. The van der Waals surface area contributed by atoms with Crippen LogP contribution in [0.5, 0.6) is 0 Å². The van der Waals surface area contributed by atoms with Gasteiger partial charge in [0.1, 0.15) is 19.3 Å². The Hall–Kier alpha value is -2.72. The highest BCUT2D eigenvalue weighted by Crippen LogP contribution is 2.45. The Labute approximate surface area is 611 Å². The molecule has 0 spiro atoms. The number of aliphatic hydroxyl groups excluding tert-OH is 1. The number of unbranched alkanes of at least 4 members (excludes halogenated alkanes) is 47. The summed E-state index contributed by atoms with van der Waals surface area (Å²) >= 11 is 0. The van der Waals surface area contributed by atoms with Crippen molar-refractivity contribution in [2.75, 3.05) is 39.6 Å². The third kappa shape index (κ3) is 73.6. The molecule has 0 radical (unpaired) electrons. The SMILES string of the molecule is CCCCC/C=C\C/C=C\CCCCCCCC(=O)O[C@H](COC(=O)CCCCCCCCCCCCCCCCCCC)COP(=O)(O)OC[C@@H](O)COP(=O)(O)OC[C@@H](COC(=O)CCCCCCCCCCCCCCC)OC(=O)CCCCCCC/C=C\CCCCCCCC. The van der Waals surface area contributed by atoms with Gasteiger partial charge in [-0.3, -0.25) is 37.3 Å². The minimum Gasteiger partial charge on any atom is -0.462 e. The van der Waals surface area contributed by atoms with Crippen molar-refractivity contribution >= 4 is 39.5 Å². The predicted octanol–water partition coefficient (Wildman–Crippen LogP) is 23.9. The Morgan fingerprint density at radius 3 is 0.770 bits per heavy atom. The van der Waals surface area contributed by atoms with Gasteiger partial charge in [0.25, 0.3) is 0 Å². The third-order valence-corrected chi connectivity index (χ3v) is 20.0. The summed E-state index contributed by atoms with van der Waals surface area (Å²) in [4.78, 5) is 73.0. The average Bonchev–Trinajstić information content (AvgIpc) is 0.942. The minimum absolute atomic E-state index is 0.0864. The summed E-state index contributed by atoms with van der Waals surface area (Å²) in [6.45, 7) is 4.93. The fourth-order valence-corrected chi connectivity index (χ4v) is 13.4. The van der Waals surface area contributed by atoms with Crippen molar-refractivity contribution in [1.29, 1.82) is 0 Å². The van der Waals surface area contributed by atoms with Gasteiger partial charge in [-0.1, -0.05) is 327 Å². The number of carbonyl (C=O) groups is 4. The van der Waals surface area contributed by atoms with E-state index < -0.39 is 97.5 Å². The highest BCUT2D eigenvalue weighted by Gasteiger charge is 2.30. The van der Waals surface area contributed by atoms with Crippen molar-refractivity contribution in [1.82, 2.24) is 0 Å². The lowest BCUT2D eigenvalue weighted by atomic mass is 10.0. The van der Waals surface area contributed by atoms with Crippen LogP contribution in [0.2, 0.25) is 0 Å². The van der Waals surface area contributed by atoms with Crippen molar-refractivity contribution in [3.8, 4) is 0 Å². The van der Waals surface area contributed by atoms with Gasteiger partial charge in [0.2, 0.25) is 0 Å². The number of aliphatic hydroxyl groups is 1. The van der Waals surface area contributed by atoms with Gasteiger partial charge < -0.3 is 33.8 Å². The summed E-state index contributed by atoms with van der Waals surface area (Å²) in [5.41, 5.74) is 0. The molecule has 588 valence electrons. The zero-order chi connectivity index (χ0) is 73.2. The van der Waals surface area contributed by atoms with E-state index in [1.165, 1.54) is 199 Å². The van der Waals surface area contributed by atoms with Crippen molar-refractivity contribution in [2.45, 2.75) is 418 Å². The Kier molecular flexibility index (Phi) is 72.5. The molecule has 0 aliphatic heterocycles. The maximum Gasteiger partial charge on any atom is 0.472 e. The molecule has 0 aliphatic rings. The van der Waals surface area contributed by atoms with Crippen LogP contribution in [0.1, 0.15) is 400 Å². The molecule has 0 saturated heterocycles. The fourth-order valence-electron chi connectivity index (χ4n) is 11.8. The molecule has 0 aromatic carbocycles. The standard InChI is InChI=1S/C81H152O17P2/c1-5-9-13-17-21-25-29-33-36-37-40-42-46-50-54-58-62-66-79(84)92-72-77(98-81(86)68-64-60-56-52-48-44-39-35-31-27-23-19-15-11-7-3)74-96-100(89,90)94-70-75(82)69-93-99(87,88)95-73-76(71-91-78(83)65-61-57-53-49-45-41-32-28-24-20-16-12-8-4)97-80(85)67-63-59-55-51-47-43-38-34-30-26-22-18-14-10-6-2/h23,27,34-35,38-39,75-77,82H,5-22,24-26,28-33,36-37,40-74H2,1-4H3,(H,87,88)(H,89,90)/b27-23-,38-34-,39-35-/t75-,76+,77+/m0/s1. The van der Waals surface area contributed by atoms with E-state index >= 15 is 0 Å². The largest absolute Gasteiger partial charge is 0.472 e. The van der Waals surface area contributed by atoms with Crippen molar-refractivity contribution in [2.24, 2.45) is 0 Å². The lowest BCUT2D eigenvalue weighted by Crippen LogP contribution is -2.30. The van der Waals surface area contributed by atoms with Gasteiger partial charge in [-0.15, -0.1) is 0 Å². The summed E-state index contributed by atoms with van der Waals surface area (Å²) in [6.07, 6.45) is 71.1. The first-order valence-corrected chi connectivity index (χ1v) is 44.2. The number of rotatable bonds is 79. The molecule has 17 nitrogen and oxygen atoms in total. The lowest BCUT2D eigenvalue weighted by Gasteiger charge is -2.21. The van der Waals surface area contributed by atoms with E-state index in [-0.39, 0.29) is 25.7 Å². The number of carbonyl (C=O) groups excluding carboxylic acids is 4. The van der Waals surface area contributed by atoms with Crippen LogP contribution in [-0.4, -0.2) is 96.7 Å². The van der Waals surface area contributed by atoms with E-state index in [1.807, 2.05) is 0 Å². The smallest absolute Gasteiger partial charge is 0.462 e. The molecule has 0 bridgehead atoms. The molecule has 0 amide bonds. The minimum atomic E-state index is -4.97. The number of phosphoric acid groups is 2. The second-order valence-electron chi connectivity index (χ2n) is 28.1. The number of hydrogen-bond donors (Lipinski definition) is 3. The maximum atomic E-state index is 13.1. The molecule has 0 aliphatic carbocycles. The zero-order valence-corrected chi connectivity index (χ0v) is 66.2. The van der Waals surface area contributed by atoms with Gasteiger partial charge in [-0.05, 0) is 83.5 Å². The van der Waals surface area contributed by atoms with Gasteiger partial charge in [-0.25, -0.2) is 9.13 Å². The molecule has 0 aromatic rings. The van der Waals surface area contributed by atoms with Gasteiger partial charge in [0.05, 0.1) is 26.4 Å². The molecule has 0 heterocycles. The first-order chi connectivity index (χ1) is 48.7. The second-order valence-corrected chi connectivity index (χ2v) is 31.0. The highest BCUT2D eigenvalue weighted by molar-refractivity contribution is 7.47. The summed E-state index contributed by atoms with van der Waals surface area (Å²) in [6, 6.07) is 0. The zero-order valence-electron chi connectivity index (χ0n) is 64.4. The van der Waals surface area contributed by atoms with Gasteiger partial charge in [0, 0.05) is 25.7 Å². The third-order valence-electron chi connectivity index (χ3n) is 18.1. The average molecular weight is 1460 g/mol. The van der Waals surface area contributed by atoms with E-state index in [0.29, 0.717) is 25.7 Å². The van der Waals surface area contributed by atoms with Crippen LogP contribution >= 0.6 is 15.6 Å². The molecule has 2 unspecified atom stereocenters. The highest BCUT2D eigenvalue weighted by atomic mass is 31.2. The van der Waals surface area contributed by atoms with Crippen LogP contribution in [-0.2, 0) is 65.4 Å². The molecule has 0 fully saturated rings. The number of ether oxygens (including phenoxy) is 4. The number of esters is 4. The lowest BCUT2D eigenvalue weighted by molar-refractivity contribution is -0.161. The van der Waals surface area contributed by atoms with Crippen LogP contribution in [0.4, 0.5) is 0 Å². The Balaban J connectivity index is 5.31. The van der Waals surface area contributed by atoms with Crippen molar-refractivity contribution < 1.29 is 80.2 Å². The summed E-state index contributed by atoms with van der Waals surface area (Å²) < 4.78 is 68.7. The van der Waals surface area contributed by atoms with E-state index in [9.17, 15) is 43.2 Å². The predicted molar refractivity (Wildman–Crippen MR) is 409 cm³/mol. The van der Waals surface area contributed by atoms with Crippen LogP contribution in [0.3, 0.4) is 0 Å². The topological polar surface area (TPSA) is 237 Å². The Morgan fingerprint density at radius 1 is 0.280 bits per heavy atom. The Bertz CT molecular complexity index is 2040. The van der Waals surface area contributed by atoms with Gasteiger partial charge >= 0.3 is 39.5 Å². The molecule has 100 heavy (non-hydrogen) atoms. The molecular formula is C81H152O17P2. The summed E-state index contributed by atoms with van der Waals surface area (Å²) in [5, 5.41) is 10.6. The van der Waals surface area contributed by atoms with Crippen LogP contribution in [0, 0.1) is 0 Å². The van der Waals surface area contributed by atoms with E-state index in [1.54, 1.807) is 0 Å². The number of hydrogen-bond acceptors (Lipinski definition) is 15. The quantitative estimate of drug-likeness (QED) is 0.0169. The normalized spacial score (nSPS) is 14.0. The second kappa shape index (κ2) is 74.5. The van der Waals surface area contributed by atoms with Crippen LogP contribution < -0.4 is 0 Å². The first kappa shape index (κ1) is 97.3. The Morgan fingerprint density at radius 2 is 0.490 bits per heavy atom. The van der Waals surface area contributed by atoms with Crippen molar-refractivity contribution in [3.05, 3.63) is 36.5 Å². The summed E-state index contributed by atoms with van der Waals surface area (Å²) in [7, 11) is -9.94. The van der Waals surface area contributed by atoms with Gasteiger partial charge in [-0.2, -0.15) is 0 Å². The first-order valence-electron chi connectivity index (χ1n) is 41.2.